The molecule has 20 heavy (non-hydrogen) atoms. The Bertz CT molecular complexity index is 255. The van der Waals surface area contributed by atoms with Crippen LogP contribution in [0.5, 0.6) is 0 Å². The molecule has 4 nitrogen and oxygen atoms in total. The largest absolute Gasteiger partial charge is 0.306 e. The second-order valence-corrected chi connectivity index (χ2v) is 7.14. The molecule has 3 aliphatic heterocycles. The molecule has 0 radical (unpaired) electrons. The zero-order valence-electron chi connectivity index (χ0n) is 13.4. The highest BCUT2D eigenvalue weighted by molar-refractivity contribution is 4.87. The zero-order chi connectivity index (χ0) is 13.9. The van der Waals surface area contributed by atoms with Gasteiger partial charge in [0.05, 0.1) is 0 Å². The minimum atomic E-state index is 0.867. The molecule has 0 saturated carbocycles. The Morgan fingerprint density at radius 1 is 0.500 bits per heavy atom. The summed E-state index contributed by atoms with van der Waals surface area (Å²) >= 11 is 0. The number of likely N-dealkylation sites (tertiary alicyclic amines) is 2. The van der Waals surface area contributed by atoms with E-state index in [1.165, 1.54) is 78.0 Å². The molecule has 3 aliphatic rings. The van der Waals surface area contributed by atoms with Crippen LogP contribution >= 0.6 is 0 Å². The summed E-state index contributed by atoms with van der Waals surface area (Å²) in [6.45, 7) is 10.4. The molecule has 0 aromatic carbocycles. The number of nitrogens with zero attached hydrogens (tertiary/aromatic N) is 4. The summed E-state index contributed by atoms with van der Waals surface area (Å²) in [7, 11) is 4.51. The first-order chi connectivity index (χ1) is 9.72. The van der Waals surface area contributed by atoms with E-state index in [1.807, 2.05) is 0 Å². The fourth-order valence-corrected chi connectivity index (χ4v) is 4.16. The van der Waals surface area contributed by atoms with E-state index in [9.17, 15) is 0 Å². The molecular weight excluding hydrogens is 248 g/mol. The third kappa shape index (κ3) is 3.53. The van der Waals surface area contributed by atoms with Crippen molar-refractivity contribution in [2.24, 2.45) is 0 Å². The van der Waals surface area contributed by atoms with E-state index in [1.54, 1.807) is 0 Å². The van der Waals surface area contributed by atoms with Crippen molar-refractivity contribution in [2.75, 3.05) is 66.5 Å². The van der Waals surface area contributed by atoms with Gasteiger partial charge in [-0.25, -0.2) is 0 Å². The maximum Gasteiger partial charge on any atom is 0.0121 e. The van der Waals surface area contributed by atoms with Gasteiger partial charge in [-0.2, -0.15) is 0 Å². The van der Waals surface area contributed by atoms with Gasteiger partial charge in [-0.05, 0) is 66.0 Å². The van der Waals surface area contributed by atoms with E-state index < -0.39 is 0 Å². The molecule has 0 unspecified atom stereocenters. The van der Waals surface area contributed by atoms with Gasteiger partial charge in [-0.1, -0.05) is 0 Å². The van der Waals surface area contributed by atoms with Crippen LogP contribution in [0, 0.1) is 0 Å². The molecule has 3 fully saturated rings. The van der Waals surface area contributed by atoms with Crippen LogP contribution in [-0.4, -0.2) is 98.1 Å². The van der Waals surface area contributed by atoms with Crippen LogP contribution in [0.2, 0.25) is 0 Å². The molecule has 3 rings (SSSR count). The molecule has 3 saturated heterocycles. The Morgan fingerprint density at radius 2 is 0.900 bits per heavy atom. The lowest BCUT2D eigenvalue weighted by molar-refractivity contribution is 0.0404. The molecule has 0 aromatic heterocycles. The van der Waals surface area contributed by atoms with E-state index in [0.29, 0.717) is 0 Å². The fraction of sp³-hybridized carbons (Fsp3) is 1.00. The van der Waals surface area contributed by atoms with Crippen molar-refractivity contribution < 1.29 is 0 Å². The third-order valence-electron chi connectivity index (χ3n) is 5.76. The first-order valence-electron chi connectivity index (χ1n) is 8.57. The van der Waals surface area contributed by atoms with Gasteiger partial charge in [0.2, 0.25) is 0 Å². The first-order valence-corrected chi connectivity index (χ1v) is 8.57. The number of piperazine rings is 1. The molecule has 116 valence electrons. The fourth-order valence-electron chi connectivity index (χ4n) is 4.16. The average Bonchev–Trinajstić information content (AvgIpc) is 2.49. The Labute approximate surface area is 124 Å². The van der Waals surface area contributed by atoms with Crippen molar-refractivity contribution in [3.63, 3.8) is 0 Å². The van der Waals surface area contributed by atoms with Gasteiger partial charge >= 0.3 is 0 Å². The zero-order valence-corrected chi connectivity index (χ0v) is 13.4. The molecule has 0 spiro atoms. The quantitative estimate of drug-likeness (QED) is 0.741. The summed E-state index contributed by atoms with van der Waals surface area (Å²) in [5.74, 6) is 0. The Morgan fingerprint density at radius 3 is 1.45 bits per heavy atom. The second-order valence-electron chi connectivity index (χ2n) is 7.14. The van der Waals surface area contributed by atoms with E-state index >= 15 is 0 Å². The highest BCUT2D eigenvalue weighted by Gasteiger charge is 2.30. The van der Waals surface area contributed by atoms with Gasteiger partial charge in [0.15, 0.2) is 0 Å². The summed E-state index contributed by atoms with van der Waals surface area (Å²) < 4.78 is 0. The summed E-state index contributed by atoms with van der Waals surface area (Å²) in [6.07, 6.45) is 5.57. The van der Waals surface area contributed by atoms with E-state index in [4.69, 9.17) is 0 Å². The molecule has 4 heteroatoms. The van der Waals surface area contributed by atoms with Gasteiger partial charge in [-0.15, -0.1) is 0 Å². The standard InChI is InChI=1S/C16H32N4/c1-17-7-3-15(4-8-17)19-9-5-16(6-10-19)20-13-11-18(2)12-14-20/h15-16H,3-14H2,1-2H3. The third-order valence-corrected chi connectivity index (χ3v) is 5.76. The normalized spacial score (nSPS) is 30.9. The Hall–Kier alpha value is -0.160. The van der Waals surface area contributed by atoms with Gasteiger partial charge in [0, 0.05) is 38.3 Å². The first kappa shape index (κ1) is 14.8. The minimum absolute atomic E-state index is 0.867. The summed E-state index contributed by atoms with van der Waals surface area (Å²) in [5.41, 5.74) is 0. The van der Waals surface area contributed by atoms with Crippen molar-refractivity contribution in [2.45, 2.75) is 37.8 Å². The Balaban J connectivity index is 1.42. The highest BCUT2D eigenvalue weighted by atomic mass is 15.3. The lowest BCUT2D eigenvalue weighted by atomic mass is 9.97. The number of hydrogen-bond donors (Lipinski definition) is 0. The van der Waals surface area contributed by atoms with Crippen molar-refractivity contribution in [3.8, 4) is 0 Å². The van der Waals surface area contributed by atoms with Gasteiger partial charge in [-0.3, -0.25) is 4.90 Å². The van der Waals surface area contributed by atoms with Crippen LogP contribution in [0.3, 0.4) is 0 Å². The molecule has 3 heterocycles. The predicted molar refractivity (Wildman–Crippen MR) is 84.2 cm³/mol. The molecule has 0 atom stereocenters. The molecule has 0 N–H and O–H groups in total. The van der Waals surface area contributed by atoms with Crippen molar-refractivity contribution >= 4 is 0 Å². The summed E-state index contributed by atoms with van der Waals surface area (Å²) in [5, 5.41) is 0. The van der Waals surface area contributed by atoms with Crippen LogP contribution in [-0.2, 0) is 0 Å². The molecule has 0 amide bonds. The minimum Gasteiger partial charge on any atom is -0.306 e. The van der Waals surface area contributed by atoms with E-state index in [2.05, 4.69) is 33.7 Å². The topological polar surface area (TPSA) is 13.0 Å². The van der Waals surface area contributed by atoms with Crippen LogP contribution in [0.1, 0.15) is 25.7 Å². The SMILES string of the molecule is CN1CCC(N2CCC(N3CCN(C)CC3)CC2)CC1. The number of likely N-dealkylation sites (N-methyl/N-ethyl adjacent to an activating group) is 1. The summed E-state index contributed by atoms with van der Waals surface area (Å²) in [4.78, 5) is 10.5. The molecule has 0 bridgehead atoms. The molecular formula is C16H32N4. The predicted octanol–water partition coefficient (Wildman–Crippen LogP) is 0.792. The van der Waals surface area contributed by atoms with Crippen LogP contribution < -0.4 is 0 Å². The second kappa shape index (κ2) is 6.73. The van der Waals surface area contributed by atoms with Crippen molar-refractivity contribution in [3.05, 3.63) is 0 Å². The van der Waals surface area contributed by atoms with E-state index in [-0.39, 0.29) is 0 Å². The van der Waals surface area contributed by atoms with Gasteiger partial charge in [0.1, 0.15) is 0 Å². The number of piperidine rings is 2. The molecule has 0 aliphatic carbocycles. The van der Waals surface area contributed by atoms with E-state index in [0.717, 1.165) is 12.1 Å². The lowest BCUT2D eigenvalue weighted by Gasteiger charge is -2.45. The number of rotatable bonds is 2. The van der Waals surface area contributed by atoms with Crippen LogP contribution in [0.15, 0.2) is 0 Å². The number of hydrogen-bond acceptors (Lipinski definition) is 4. The molecule has 0 aromatic rings. The monoisotopic (exact) mass is 280 g/mol. The van der Waals surface area contributed by atoms with Gasteiger partial charge in [0.25, 0.3) is 0 Å². The van der Waals surface area contributed by atoms with Gasteiger partial charge < -0.3 is 14.7 Å². The Kier molecular flexibility index (Phi) is 4.97. The smallest absolute Gasteiger partial charge is 0.0121 e. The maximum absolute atomic E-state index is 2.79. The van der Waals surface area contributed by atoms with Crippen molar-refractivity contribution in [1.82, 2.24) is 19.6 Å². The van der Waals surface area contributed by atoms with Crippen LogP contribution in [0.25, 0.3) is 0 Å². The maximum atomic E-state index is 2.79. The average molecular weight is 280 g/mol. The van der Waals surface area contributed by atoms with Crippen LogP contribution in [0.4, 0.5) is 0 Å². The summed E-state index contributed by atoms with van der Waals surface area (Å²) in [6, 6.07) is 1.74. The van der Waals surface area contributed by atoms with Crippen molar-refractivity contribution in [1.29, 1.82) is 0 Å². The highest BCUT2D eigenvalue weighted by Crippen LogP contribution is 2.23. The lowest BCUT2D eigenvalue weighted by Crippen LogP contribution is -2.54.